The predicted molar refractivity (Wildman–Crippen MR) is 90.8 cm³/mol. The lowest BCUT2D eigenvalue weighted by Gasteiger charge is -2.09. The molecule has 0 aliphatic carbocycles. The van der Waals surface area contributed by atoms with Crippen LogP contribution in [0.4, 0.5) is 0 Å². The third-order valence-electron chi connectivity index (χ3n) is 3.63. The summed E-state index contributed by atoms with van der Waals surface area (Å²) in [6, 6.07) is 10.7. The zero-order valence-corrected chi connectivity index (χ0v) is 12.9. The number of hydrogen-bond donors (Lipinski definition) is 1. The molecule has 1 aromatic rings. The summed E-state index contributed by atoms with van der Waals surface area (Å²) < 4.78 is 0. The maximum atomic E-state index is 2.50. The highest BCUT2D eigenvalue weighted by Gasteiger charge is 2.07. The first-order chi connectivity index (χ1) is 9.40. The van der Waals surface area contributed by atoms with Crippen LogP contribution in [0.3, 0.4) is 0 Å². The molecule has 1 heteroatoms. The molecule has 0 bridgehead atoms. The zero-order chi connectivity index (χ0) is 13.3. The fourth-order valence-corrected chi connectivity index (χ4v) is 4.35. The Morgan fingerprint density at radius 1 is 0.895 bits per heavy atom. The standard InChI is InChI=1S/C18H26S/c1-2-3-4-5-6-10-14-19-15-13-18(16-19)17-11-8-7-9-12-17/h7-9,11-13,15-16,19H,2-6,10,14H2,1H3. The van der Waals surface area contributed by atoms with Gasteiger partial charge in [-0.15, -0.1) is 0 Å². The predicted octanol–water partition coefficient (Wildman–Crippen LogP) is 5.92. The van der Waals surface area contributed by atoms with Crippen molar-refractivity contribution >= 4 is 16.5 Å². The second kappa shape index (κ2) is 8.27. The summed E-state index contributed by atoms with van der Waals surface area (Å²) in [5.41, 5.74) is 2.80. The molecule has 1 heterocycles. The van der Waals surface area contributed by atoms with E-state index < -0.39 is 0 Å². The Bertz CT molecular complexity index is 417. The van der Waals surface area contributed by atoms with Crippen LogP contribution in [0.2, 0.25) is 0 Å². The number of unbranched alkanes of at least 4 members (excludes halogenated alkanes) is 5. The maximum absolute atomic E-state index is 2.50. The van der Waals surface area contributed by atoms with Gasteiger partial charge < -0.3 is 0 Å². The van der Waals surface area contributed by atoms with Gasteiger partial charge >= 0.3 is 0 Å². The van der Waals surface area contributed by atoms with E-state index in [9.17, 15) is 0 Å². The second-order valence-electron chi connectivity index (χ2n) is 5.27. The Labute approximate surface area is 121 Å². The van der Waals surface area contributed by atoms with Crippen molar-refractivity contribution in [1.82, 2.24) is 0 Å². The van der Waals surface area contributed by atoms with Crippen LogP contribution in [0.15, 0.2) is 47.2 Å². The molecule has 0 spiro atoms. The Morgan fingerprint density at radius 3 is 2.42 bits per heavy atom. The molecule has 1 aromatic carbocycles. The zero-order valence-electron chi connectivity index (χ0n) is 12.0. The highest BCUT2D eigenvalue weighted by atomic mass is 32.2. The first-order valence-corrected chi connectivity index (χ1v) is 9.28. The van der Waals surface area contributed by atoms with Crippen LogP contribution in [0.1, 0.15) is 51.0 Å². The Balaban J connectivity index is 1.70. The summed E-state index contributed by atoms with van der Waals surface area (Å²) in [5, 5.41) is 4.93. The summed E-state index contributed by atoms with van der Waals surface area (Å²) >= 11 is 0. The van der Waals surface area contributed by atoms with Crippen molar-refractivity contribution in [1.29, 1.82) is 0 Å². The van der Waals surface area contributed by atoms with E-state index in [1.165, 1.54) is 55.4 Å². The van der Waals surface area contributed by atoms with Crippen LogP contribution >= 0.6 is 10.9 Å². The lowest BCUT2D eigenvalue weighted by Crippen LogP contribution is -1.84. The fourth-order valence-electron chi connectivity index (χ4n) is 2.46. The van der Waals surface area contributed by atoms with Crippen molar-refractivity contribution in [3.05, 3.63) is 52.8 Å². The monoisotopic (exact) mass is 274 g/mol. The van der Waals surface area contributed by atoms with E-state index >= 15 is 0 Å². The first kappa shape index (κ1) is 14.5. The van der Waals surface area contributed by atoms with Crippen LogP contribution in [-0.4, -0.2) is 5.75 Å². The minimum absolute atomic E-state index is 0.0249. The van der Waals surface area contributed by atoms with Gasteiger partial charge in [-0.05, 0) is 40.2 Å². The molecule has 1 unspecified atom stereocenters. The highest BCUT2D eigenvalue weighted by Crippen LogP contribution is 2.40. The number of allylic oxidation sites excluding steroid dienone is 2. The maximum Gasteiger partial charge on any atom is -0.0131 e. The number of thiol groups is 1. The molecule has 0 amide bonds. The number of rotatable bonds is 8. The summed E-state index contributed by atoms with van der Waals surface area (Å²) in [5.74, 6) is 1.38. The van der Waals surface area contributed by atoms with Gasteiger partial charge in [0.1, 0.15) is 0 Å². The fraction of sp³-hybridized carbons (Fsp3) is 0.444. The van der Waals surface area contributed by atoms with Crippen LogP contribution < -0.4 is 0 Å². The van der Waals surface area contributed by atoms with Gasteiger partial charge in [0, 0.05) is 0 Å². The molecule has 0 saturated carbocycles. The molecule has 0 saturated heterocycles. The molecule has 104 valence electrons. The van der Waals surface area contributed by atoms with Gasteiger partial charge in [-0.25, -0.2) is 10.9 Å². The minimum atomic E-state index is 0.0249. The van der Waals surface area contributed by atoms with Gasteiger partial charge in [-0.1, -0.05) is 69.4 Å². The Hall–Kier alpha value is -0.950. The van der Waals surface area contributed by atoms with Crippen molar-refractivity contribution < 1.29 is 0 Å². The SMILES string of the molecule is CCCCCCCC[SH]1C=CC(c2ccccc2)=C1. The minimum Gasteiger partial charge on any atom is -0.213 e. The third kappa shape index (κ3) is 4.91. The molecule has 0 fully saturated rings. The highest BCUT2D eigenvalue weighted by molar-refractivity contribution is 8.22. The average Bonchev–Trinajstić information content (AvgIpc) is 2.92. The van der Waals surface area contributed by atoms with E-state index in [2.05, 4.69) is 54.1 Å². The molecule has 1 aliphatic heterocycles. The Kier molecular flexibility index (Phi) is 6.29. The molecule has 0 N–H and O–H groups in total. The van der Waals surface area contributed by atoms with Crippen LogP contribution in [-0.2, 0) is 0 Å². The molecule has 19 heavy (non-hydrogen) atoms. The van der Waals surface area contributed by atoms with Crippen molar-refractivity contribution in [2.75, 3.05) is 5.75 Å². The van der Waals surface area contributed by atoms with Gasteiger partial charge in [0.15, 0.2) is 0 Å². The van der Waals surface area contributed by atoms with Gasteiger partial charge in [0.2, 0.25) is 0 Å². The van der Waals surface area contributed by atoms with Crippen molar-refractivity contribution in [2.24, 2.45) is 0 Å². The largest absolute Gasteiger partial charge is 0.213 e. The lowest BCUT2D eigenvalue weighted by atomic mass is 10.1. The molecule has 0 radical (unpaired) electrons. The average molecular weight is 274 g/mol. The molecular formula is C18H26S. The van der Waals surface area contributed by atoms with Crippen LogP contribution in [0.5, 0.6) is 0 Å². The van der Waals surface area contributed by atoms with Gasteiger partial charge in [-0.2, -0.15) is 0 Å². The molecule has 2 rings (SSSR count). The van der Waals surface area contributed by atoms with Crippen molar-refractivity contribution in [3.8, 4) is 0 Å². The van der Waals surface area contributed by atoms with E-state index in [0.29, 0.717) is 0 Å². The molecule has 0 aromatic heterocycles. The van der Waals surface area contributed by atoms with E-state index in [0.717, 1.165) is 0 Å². The smallest absolute Gasteiger partial charge is 0.0131 e. The Morgan fingerprint density at radius 2 is 1.63 bits per heavy atom. The van der Waals surface area contributed by atoms with Gasteiger partial charge in [0.05, 0.1) is 0 Å². The van der Waals surface area contributed by atoms with Gasteiger partial charge in [0.25, 0.3) is 0 Å². The summed E-state index contributed by atoms with van der Waals surface area (Å²) in [7, 11) is 0.0249. The van der Waals surface area contributed by atoms with E-state index in [-0.39, 0.29) is 10.9 Å². The van der Waals surface area contributed by atoms with Crippen LogP contribution in [0, 0.1) is 0 Å². The molecule has 1 atom stereocenters. The summed E-state index contributed by atoms with van der Waals surface area (Å²) in [6.07, 6.45) is 10.7. The van der Waals surface area contributed by atoms with E-state index in [1.54, 1.807) is 0 Å². The van der Waals surface area contributed by atoms with Crippen LogP contribution in [0.25, 0.3) is 5.57 Å². The number of hydrogen-bond acceptors (Lipinski definition) is 0. The quantitative estimate of drug-likeness (QED) is 0.441. The molecular weight excluding hydrogens is 248 g/mol. The lowest BCUT2D eigenvalue weighted by molar-refractivity contribution is 0.627. The van der Waals surface area contributed by atoms with Gasteiger partial charge in [-0.3, -0.25) is 0 Å². The first-order valence-electron chi connectivity index (χ1n) is 7.61. The van der Waals surface area contributed by atoms with Crippen molar-refractivity contribution in [3.63, 3.8) is 0 Å². The topological polar surface area (TPSA) is 0 Å². The third-order valence-corrected chi connectivity index (χ3v) is 5.60. The van der Waals surface area contributed by atoms with Crippen molar-refractivity contribution in [2.45, 2.75) is 45.4 Å². The summed E-state index contributed by atoms with van der Waals surface area (Å²) in [6.45, 7) is 2.28. The molecule has 0 nitrogen and oxygen atoms in total. The normalized spacial score (nSPS) is 19.6. The second-order valence-corrected chi connectivity index (χ2v) is 7.30. The summed E-state index contributed by atoms with van der Waals surface area (Å²) in [4.78, 5) is 0. The van der Waals surface area contributed by atoms with E-state index in [4.69, 9.17) is 0 Å². The van der Waals surface area contributed by atoms with E-state index in [1.807, 2.05) is 0 Å². The number of benzene rings is 1. The molecule has 1 aliphatic rings.